The van der Waals surface area contributed by atoms with Crippen molar-refractivity contribution in [2.24, 2.45) is 0 Å². The number of nitrogens with one attached hydrogen (secondary N) is 1. The molecule has 0 aliphatic heterocycles. The summed E-state index contributed by atoms with van der Waals surface area (Å²) in [6, 6.07) is 4.27. The van der Waals surface area contributed by atoms with Gasteiger partial charge in [0.25, 0.3) is 5.91 Å². The van der Waals surface area contributed by atoms with Gasteiger partial charge < -0.3 is 15.8 Å². The van der Waals surface area contributed by atoms with E-state index in [0.717, 1.165) is 0 Å². The Balaban J connectivity index is 2.43. The zero-order valence-electron chi connectivity index (χ0n) is 10.4. The van der Waals surface area contributed by atoms with E-state index < -0.39 is 11.7 Å². The number of nitrogen functional groups attached to an aromatic ring is 1. The molecule has 0 fully saturated rings. The zero-order valence-corrected chi connectivity index (χ0v) is 10.4. The number of amides is 1. The van der Waals surface area contributed by atoms with E-state index in [1.54, 1.807) is 6.07 Å². The maximum atomic E-state index is 13.9. The number of ether oxygens (including phenoxy) is 1. The standard InChI is InChI=1S/C13H14FN3O2/c1-19-7-6-17-13(18)12-11-8(4-5-16-12)10(15)3-2-9(11)14/h2-5H,6-7,15H2,1H3,(H,17,18). The Labute approximate surface area is 109 Å². The number of carbonyl (C=O) groups excluding carboxylic acids is 1. The Morgan fingerprint density at radius 2 is 2.26 bits per heavy atom. The molecule has 100 valence electrons. The Morgan fingerprint density at radius 1 is 1.47 bits per heavy atom. The molecule has 0 saturated carbocycles. The topological polar surface area (TPSA) is 77.2 Å². The molecule has 19 heavy (non-hydrogen) atoms. The number of hydrogen-bond donors (Lipinski definition) is 2. The third kappa shape index (κ3) is 2.63. The summed E-state index contributed by atoms with van der Waals surface area (Å²) in [7, 11) is 1.53. The lowest BCUT2D eigenvalue weighted by molar-refractivity contribution is 0.0933. The predicted octanol–water partition coefficient (Wildman–Crippen LogP) is 1.33. The van der Waals surface area contributed by atoms with Crippen molar-refractivity contribution in [2.75, 3.05) is 26.0 Å². The van der Waals surface area contributed by atoms with Crippen LogP contribution in [-0.2, 0) is 4.74 Å². The van der Waals surface area contributed by atoms with Gasteiger partial charge in [0.15, 0.2) is 0 Å². The normalized spacial score (nSPS) is 10.6. The van der Waals surface area contributed by atoms with E-state index in [1.807, 2.05) is 0 Å². The number of nitrogens with zero attached hydrogens (tertiary/aromatic N) is 1. The van der Waals surface area contributed by atoms with Crippen molar-refractivity contribution >= 4 is 22.4 Å². The lowest BCUT2D eigenvalue weighted by Gasteiger charge is -2.09. The molecule has 0 spiro atoms. The van der Waals surface area contributed by atoms with Gasteiger partial charge in [0.05, 0.1) is 12.0 Å². The van der Waals surface area contributed by atoms with E-state index in [0.29, 0.717) is 24.2 Å². The number of halogens is 1. The minimum absolute atomic E-state index is 0.0263. The van der Waals surface area contributed by atoms with Gasteiger partial charge >= 0.3 is 0 Å². The average molecular weight is 263 g/mol. The van der Waals surface area contributed by atoms with E-state index in [9.17, 15) is 9.18 Å². The Kier molecular flexibility index (Phi) is 3.91. The van der Waals surface area contributed by atoms with Crippen molar-refractivity contribution in [3.8, 4) is 0 Å². The molecule has 0 aliphatic carbocycles. The molecule has 3 N–H and O–H groups in total. The van der Waals surface area contributed by atoms with Crippen molar-refractivity contribution in [3.05, 3.63) is 35.9 Å². The second-order valence-corrected chi connectivity index (χ2v) is 3.97. The second kappa shape index (κ2) is 5.62. The van der Waals surface area contributed by atoms with Crippen LogP contribution in [0.3, 0.4) is 0 Å². The van der Waals surface area contributed by atoms with Gasteiger partial charge in [-0.05, 0) is 18.2 Å². The van der Waals surface area contributed by atoms with Crippen molar-refractivity contribution in [1.82, 2.24) is 10.3 Å². The number of hydrogen-bond acceptors (Lipinski definition) is 4. The van der Waals surface area contributed by atoms with Gasteiger partial charge in [-0.15, -0.1) is 0 Å². The minimum Gasteiger partial charge on any atom is -0.398 e. The fourth-order valence-corrected chi connectivity index (χ4v) is 1.80. The van der Waals surface area contributed by atoms with E-state index in [2.05, 4.69) is 10.3 Å². The first kappa shape index (κ1) is 13.2. The van der Waals surface area contributed by atoms with Crippen LogP contribution in [0.2, 0.25) is 0 Å². The van der Waals surface area contributed by atoms with Gasteiger partial charge in [0.2, 0.25) is 0 Å². The van der Waals surface area contributed by atoms with Gasteiger partial charge in [-0.1, -0.05) is 0 Å². The monoisotopic (exact) mass is 263 g/mol. The third-order valence-corrected chi connectivity index (χ3v) is 2.72. The number of rotatable bonds is 4. The Morgan fingerprint density at radius 3 is 3.00 bits per heavy atom. The van der Waals surface area contributed by atoms with Crippen LogP contribution >= 0.6 is 0 Å². The van der Waals surface area contributed by atoms with Crippen LogP contribution in [-0.4, -0.2) is 31.2 Å². The van der Waals surface area contributed by atoms with Crippen molar-refractivity contribution in [3.63, 3.8) is 0 Å². The first-order chi connectivity index (χ1) is 9.15. The van der Waals surface area contributed by atoms with Gasteiger partial charge in [-0.3, -0.25) is 9.78 Å². The van der Waals surface area contributed by atoms with Crippen molar-refractivity contribution < 1.29 is 13.9 Å². The fourth-order valence-electron chi connectivity index (χ4n) is 1.80. The molecule has 2 aromatic rings. The SMILES string of the molecule is COCCNC(=O)c1nccc2c(N)ccc(F)c12. The molecule has 1 aromatic heterocycles. The molecule has 5 nitrogen and oxygen atoms in total. The van der Waals surface area contributed by atoms with E-state index in [4.69, 9.17) is 10.5 Å². The summed E-state index contributed by atoms with van der Waals surface area (Å²) < 4.78 is 18.7. The highest BCUT2D eigenvalue weighted by Crippen LogP contribution is 2.25. The molecule has 1 heterocycles. The summed E-state index contributed by atoms with van der Waals surface area (Å²) >= 11 is 0. The van der Waals surface area contributed by atoms with Gasteiger partial charge in [-0.2, -0.15) is 0 Å². The highest BCUT2D eigenvalue weighted by atomic mass is 19.1. The zero-order chi connectivity index (χ0) is 13.8. The number of nitrogens with two attached hydrogens (primary N) is 1. The molecule has 0 aliphatic rings. The quantitative estimate of drug-likeness (QED) is 0.644. The number of anilines is 1. The Hall–Kier alpha value is -2.21. The molecule has 1 aromatic carbocycles. The summed E-state index contributed by atoms with van der Waals surface area (Å²) in [5.41, 5.74) is 6.20. The molecule has 0 atom stereocenters. The number of carbonyl (C=O) groups is 1. The van der Waals surface area contributed by atoms with Gasteiger partial charge in [0.1, 0.15) is 11.5 Å². The molecule has 0 unspecified atom stereocenters. The number of pyridine rings is 1. The molecular weight excluding hydrogens is 249 g/mol. The molecule has 0 saturated heterocycles. The summed E-state index contributed by atoms with van der Waals surface area (Å²) in [6.45, 7) is 0.707. The van der Waals surface area contributed by atoms with Crippen LogP contribution in [0, 0.1) is 5.82 Å². The number of benzene rings is 1. The van der Waals surface area contributed by atoms with E-state index >= 15 is 0 Å². The highest BCUT2D eigenvalue weighted by molar-refractivity contribution is 6.08. The molecule has 2 rings (SSSR count). The van der Waals surface area contributed by atoms with Crippen LogP contribution in [0.5, 0.6) is 0 Å². The van der Waals surface area contributed by atoms with Gasteiger partial charge in [-0.25, -0.2) is 4.39 Å². The van der Waals surface area contributed by atoms with Crippen molar-refractivity contribution in [1.29, 1.82) is 0 Å². The van der Waals surface area contributed by atoms with Crippen molar-refractivity contribution in [2.45, 2.75) is 0 Å². The lowest BCUT2D eigenvalue weighted by Crippen LogP contribution is -2.28. The van der Waals surface area contributed by atoms with E-state index in [-0.39, 0.29) is 11.1 Å². The largest absolute Gasteiger partial charge is 0.398 e. The maximum absolute atomic E-state index is 13.9. The van der Waals surface area contributed by atoms with Crippen LogP contribution in [0.1, 0.15) is 10.5 Å². The highest BCUT2D eigenvalue weighted by Gasteiger charge is 2.15. The summed E-state index contributed by atoms with van der Waals surface area (Å²) in [5.74, 6) is -0.971. The summed E-state index contributed by atoms with van der Waals surface area (Å²) in [6.07, 6.45) is 1.43. The maximum Gasteiger partial charge on any atom is 0.270 e. The number of fused-ring (bicyclic) bond motifs is 1. The first-order valence-corrected chi connectivity index (χ1v) is 5.75. The number of aromatic nitrogens is 1. The molecule has 6 heteroatoms. The fraction of sp³-hybridized carbons (Fsp3) is 0.231. The lowest BCUT2D eigenvalue weighted by atomic mass is 10.1. The second-order valence-electron chi connectivity index (χ2n) is 3.97. The third-order valence-electron chi connectivity index (χ3n) is 2.72. The van der Waals surface area contributed by atoms with Crippen LogP contribution in [0.15, 0.2) is 24.4 Å². The van der Waals surface area contributed by atoms with E-state index in [1.165, 1.54) is 25.4 Å². The smallest absolute Gasteiger partial charge is 0.270 e. The molecule has 1 amide bonds. The average Bonchev–Trinajstić information content (AvgIpc) is 2.42. The van der Waals surface area contributed by atoms with Crippen LogP contribution < -0.4 is 11.1 Å². The van der Waals surface area contributed by atoms with Crippen LogP contribution in [0.25, 0.3) is 10.8 Å². The predicted molar refractivity (Wildman–Crippen MR) is 70.3 cm³/mol. The van der Waals surface area contributed by atoms with Gasteiger partial charge in [0, 0.05) is 30.9 Å². The Bertz CT molecular complexity index is 616. The molecular formula is C13H14FN3O2. The number of methoxy groups -OCH3 is 1. The molecule has 0 bridgehead atoms. The summed E-state index contributed by atoms with van der Waals surface area (Å²) in [4.78, 5) is 15.9. The minimum atomic E-state index is -0.519. The summed E-state index contributed by atoms with van der Waals surface area (Å²) in [5, 5.41) is 3.22. The van der Waals surface area contributed by atoms with Crippen LogP contribution in [0.4, 0.5) is 10.1 Å². The first-order valence-electron chi connectivity index (χ1n) is 5.75. The molecule has 0 radical (unpaired) electrons.